The molecule has 0 saturated carbocycles. The molecule has 0 spiro atoms. The minimum atomic E-state index is -0.351. The minimum Gasteiger partial charge on any atom is -0.298 e. The van der Waals surface area contributed by atoms with Crippen molar-refractivity contribution in [2.45, 2.75) is 13.3 Å². The molecule has 3 heterocycles. The molecular formula is C20H15BrFN7. The number of imidazole rings is 1. The number of hydrogen-bond acceptors (Lipinski definition) is 6. The van der Waals surface area contributed by atoms with Gasteiger partial charge in [-0.05, 0) is 46.6 Å². The van der Waals surface area contributed by atoms with Gasteiger partial charge < -0.3 is 0 Å². The molecule has 4 rings (SSSR count). The fraction of sp³-hybridized carbons (Fsp3) is 0.150. The van der Waals surface area contributed by atoms with Crippen LogP contribution < -0.4 is 4.90 Å². The molecule has 0 unspecified atom stereocenters. The van der Waals surface area contributed by atoms with Gasteiger partial charge in [-0.25, -0.2) is 24.3 Å². The molecule has 0 radical (unpaired) electrons. The van der Waals surface area contributed by atoms with Crippen molar-refractivity contribution in [1.82, 2.24) is 24.3 Å². The Kier molecular flexibility index (Phi) is 4.94. The van der Waals surface area contributed by atoms with E-state index in [1.165, 1.54) is 18.3 Å². The lowest BCUT2D eigenvalue weighted by molar-refractivity contribution is 0.628. The predicted octanol–water partition coefficient (Wildman–Crippen LogP) is 4.29. The third-order valence-corrected chi connectivity index (χ3v) is 4.90. The summed E-state index contributed by atoms with van der Waals surface area (Å²) in [7, 11) is 1.84. The molecule has 1 aromatic carbocycles. The minimum absolute atomic E-state index is 0.314. The van der Waals surface area contributed by atoms with Crippen LogP contribution in [-0.4, -0.2) is 31.4 Å². The molecule has 0 aliphatic rings. The first kappa shape index (κ1) is 19.0. The molecule has 4 aromatic rings. The molecule has 7 nitrogen and oxygen atoms in total. The Morgan fingerprint density at radius 2 is 1.93 bits per heavy atom. The van der Waals surface area contributed by atoms with Gasteiger partial charge in [-0.2, -0.15) is 5.26 Å². The lowest BCUT2D eigenvalue weighted by atomic mass is 10.1. The zero-order valence-corrected chi connectivity index (χ0v) is 17.2. The third kappa shape index (κ3) is 3.43. The second kappa shape index (κ2) is 7.56. The van der Waals surface area contributed by atoms with Gasteiger partial charge in [-0.1, -0.05) is 6.92 Å². The number of nitrogens with zero attached hydrogens (tertiary/aromatic N) is 7. The van der Waals surface area contributed by atoms with Crippen molar-refractivity contribution in [3.05, 3.63) is 64.5 Å². The van der Waals surface area contributed by atoms with E-state index in [0.717, 1.165) is 11.5 Å². The van der Waals surface area contributed by atoms with Gasteiger partial charge in [0.25, 0.3) is 0 Å². The number of aryl methyl sites for hydroxylation is 1. The summed E-state index contributed by atoms with van der Waals surface area (Å²) in [6.45, 7) is 2.02. The first-order valence-corrected chi connectivity index (χ1v) is 9.60. The van der Waals surface area contributed by atoms with Crippen molar-refractivity contribution in [3.63, 3.8) is 0 Å². The fourth-order valence-corrected chi connectivity index (χ4v) is 3.41. The second-order valence-electron chi connectivity index (χ2n) is 6.28. The Balaban J connectivity index is 1.87. The van der Waals surface area contributed by atoms with Crippen molar-refractivity contribution in [2.75, 3.05) is 11.9 Å². The number of anilines is 2. The summed E-state index contributed by atoms with van der Waals surface area (Å²) >= 11 is 3.39. The van der Waals surface area contributed by atoms with Crippen molar-refractivity contribution < 1.29 is 4.39 Å². The van der Waals surface area contributed by atoms with E-state index in [-0.39, 0.29) is 5.82 Å². The van der Waals surface area contributed by atoms with Crippen molar-refractivity contribution in [3.8, 4) is 17.3 Å². The van der Waals surface area contributed by atoms with Crippen LogP contribution in [-0.2, 0) is 6.42 Å². The number of halogens is 2. The summed E-state index contributed by atoms with van der Waals surface area (Å²) in [5.41, 5.74) is 2.97. The first-order chi connectivity index (χ1) is 14.0. The molecule has 29 heavy (non-hydrogen) atoms. The Bertz CT molecular complexity index is 1240. The molecule has 0 fully saturated rings. The van der Waals surface area contributed by atoms with Gasteiger partial charge in [-0.15, -0.1) is 0 Å². The van der Waals surface area contributed by atoms with Crippen LogP contribution in [0.4, 0.5) is 16.2 Å². The van der Waals surface area contributed by atoms with Gasteiger partial charge in [-0.3, -0.25) is 9.30 Å². The molecule has 3 aromatic heterocycles. The average molecular weight is 452 g/mol. The first-order valence-electron chi connectivity index (χ1n) is 8.81. The van der Waals surface area contributed by atoms with E-state index in [1.54, 1.807) is 18.3 Å². The maximum absolute atomic E-state index is 13.3. The molecule has 0 bridgehead atoms. The highest BCUT2D eigenvalue weighted by Gasteiger charge is 2.20. The SMILES string of the molecule is CCc1nc2cnc(Br)cn2c1N(C)c1ncc(C#N)c(-c2ccc(F)cc2)n1. The van der Waals surface area contributed by atoms with E-state index in [0.29, 0.717) is 39.4 Å². The fourth-order valence-electron chi connectivity index (χ4n) is 3.10. The van der Waals surface area contributed by atoms with Crippen LogP contribution in [0.15, 0.2) is 47.5 Å². The van der Waals surface area contributed by atoms with Gasteiger partial charge in [0, 0.05) is 18.8 Å². The Morgan fingerprint density at radius 1 is 1.17 bits per heavy atom. The standard InChI is InChI=1S/C20H15BrFN7/c1-3-15-19(29-11-16(21)24-10-17(29)26-15)28(2)20-25-9-13(8-23)18(27-20)12-4-6-14(22)7-5-12/h4-7,9-11H,3H2,1-2H3. The number of fused-ring (bicyclic) bond motifs is 1. The molecular weight excluding hydrogens is 437 g/mol. The number of aromatic nitrogens is 5. The highest BCUT2D eigenvalue weighted by atomic mass is 79.9. The molecule has 0 aliphatic carbocycles. The second-order valence-corrected chi connectivity index (χ2v) is 7.10. The van der Waals surface area contributed by atoms with Gasteiger partial charge in [0.05, 0.1) is 29.3 Å². The summed E-state index contributed by atoms with van der Waals surface area (Å²) in [4.78, 5) is 19.6. The lowest BCUT2D eigenvalue weighted by Gasteiger charge is -2.19. The van der Waals surface area contributed by atoms with Crippen LogP contribution in [0.25, 0.3) is 16.9 Å². The molecule has 144 valence electrons. The highest BCUT2D eigenvalue weighted by molar-refractivity contribution is 9.10. The average Bonchev–Trinajstić information content (AvgIpc) is 3.11. The smallest absolute Gasteiger partial charge is 0.231 e. The van der Waals surface area contributed by atoms with Gasteiger partial charge >= 0.3 is 0 Å². The number of benzene rings is 1. The highest BCUT2D eigenvalue weighted by Crippen LogP contribution is 2.29. The molecule has 0 saturated heterocycles. The molecule has 9 heteroatoms. The van der Waals surface area contributed by atoms with Crippen LogP contribution in [0.2, 0.25) is 0 Å². The van der Waals surface area contributed by atoms with E-state index < -0.39 is 0 Å². The number of rotatable bonds is 4. The third-order valence-electron chi connectivity index (χ3n) is 4.49. The number of hydrogen-bond donors (Lipinski definition) is 0. The van der Waals surface area contributed by atoms with Crippen LogP contribution in [0, 0.1) is 17.1 Å². The maximum atomic E-state index is 13.3. The zero-order chi connectivity index (χ0) is 20.5. The van der Waals surface area contributed by atoms with Crippen molar-refractivity contribution in [1.29, 1.82) is 5.26 Å². The summed E-state index contributed by atoms with van der Waals surface area (Å²) in [5, 5.41) is 9.46. The summed E-state index contributed by atoms with van der Waals surface area (Å²) in [6.07, 6.45) is 5.70. The van der Waals surface area contributed by atoms with Gasteiger partial charge in [0.1, 0.15) is 22.3 Å². The topological polar surface area (TPSA) is 83.0 Å². The largest absolute Gasteiger partial charge is 0.298 e. The van der Waals surface area contributed by atoms with Gasteiger partial charge in [0.2, 0.25) is 5.95 Å². The van der Waals surface area contributed by atoms with E-state index >= 15 is 0 Å². The predicted molar refractivity (Wildman–Crippen MR) is 110 cm³/mol. The zero-order valence-electron chi connectivity index (χ0n) is 15.6. The van der Waals surface area contributed by atoms with E-state index in [1.807, 2.05) is 29.5 Å². The van der Waals surface area contributed by atoms with Crippen LogP contribution in [0.3, 0.4) is 0 Å². The Morgan fingerprint density at radius 3 is 2.62 bits per heavy atom. The monoisotopic (exact) mass is 451 g/mol. The summed E-state index contributed by atoms with van der Waals surface area (Å²) in [6, 6.07) is 7.97. The molecule has 0 aliphatic heterocycles. The van der Waals surface area contributed by atoms with Crippen LogP contribution in [0.1, 0.15) is 18.2 Å². The molecule has 0 N–H and O–H groups in total. The normalized spacial score (nSPS) is 10.9. The summed E-state index contributed by atoms with van der Waals surface area (Å²) < 4.78 is 15.9. The van der Waals surface area contributed by atoms with Crippen LogP contribution in [0.5, 0.6) is 0 Å². The Labute approximate surface area is 174 Å². The molecule has 0 atom stereocenters. The van der Waals surface area contributed by atoms with E-state index in [9.17, 15) is 9.65 Å². The Hall–Kier alpha value is -3.38. The maximum Gasteiger partial charge on any atom is 0.231 e. The van der Waals surface area contributed by atoms with Gasteiger partial charge in [0.15, 0.2) is 5.65 Å². The lowest BCUT2D eigenvalue weighted by Crippen LogP contribution is -2.17. The summed E-state index contributed by atoms with van der Waals surface area (Å²) in [5.74, 6) is 0.851. The quantitative estimate of drug-likeness (QED) is 0.460. The van der Waals surface area contributed by atoms with Crippen molar-refractivity contribution >= 4 is 33.3 Å². The molecule has 0 amide bonds. The van der Waals surface area contributed by atoms with Crippen molar-refractivity contribution in [2.24, 2.45) is 0 Å². The number of nitriles is 1. The van der Waals surface area contributed by atoms with E-state index in [2.05, 4.69) is 41.9 Å². The van der Waals surface area contributed by atoms with Crippen LogP contribution >= 0.6 is 15.9 Å². The van der Waals surface area contributed by atoms with E-state index in [4.69, 9.17) is 0 Å².